The normalized spacial score (nSPS) is 22.6. The van der Waals surface area contributed by atoms with E-state index in [1.807, 2.05) is 0 Å². The van der Waals surface area contributed by atoms with Gasteiger partial charge in [0.2, 0.25) is 15.9 Å². The van der Waals surface area contributed by atoms with Crippen LogP contribution in [0.15, 0.2) is 29.2 Å². The van der Waals surface area contributed by atoms with Crippen LogP contribution in [0, 0.1) is 11.8 Å². The minimum absolute atomic E-state index is 0.0249. The zero-order valence-electron chi connectivity index (χ0n) is 20.0. The van der Waals surface area contributed by atoms with Crippen LogP contribution in [0.4, 0.5) is 0 Å². The van der Waals surface area contributed by atoms with Crippen molar-refractivity contribution in [2.45, 2.75) is 48.1 Å². The van der Waals surface area contributed by atoms with E-state index in [4.69, 9.17) is 9.47 Å². The average Bonchev–Trinajstić information content (AvgIpc) is 2.83. The number of rotatable bonds is 7. The molecule has 0 bridgehead atoms. The van der Waals surface area contributed by atoms with Gasteiger partial charge in [-0.25, -0.2) is 13.9 Å². The number of ether oxygens (including phenoxy) is 2. The maximum atomic E-state index is 13.7. The van der Waals surface area contributed by atoms with Crippen LogP contribution < -0.4 is 10.2 Å². The lowest BCUT2D eigenvalue weighted by Gasteiger charge is -2.47. The Morgan fingerprint density at radius 1 is 1.26 bits per heavy atom. The van der Waals surface area contributed by atoms with E-state index in [9.17, 15) is 23.2 Å². The fraction of sp³-hybridized carbons (Fsp3) is 0.565. The zero-order chi connectivity index (χ0) is 25.6. The van der Waals surface area contributed by atoms with Crippen LogP contribution in [0.25, 0.3) is 0 Å². The van der Waals surface area contributed by atoms with Gasteiger partial charge in [-0.15, -0.1) is 17.7 Å². The highest BCUT2D eigenvalue weighted by Crippen LogP contribution is 2.43. The summed E-state index contributed by atoms with van der Waals surface area (Å²) in [5.74, 6) is 5.02. The van der Waals surface area contributed by atoms with E-state index in [1.54, 1.807) is 31.2 Å². The third-order valence-electron chi connectivity index (χ3n) is 5.84. The Morgan fingerprint density at radius 3 is 2.51 bits per heavy atom. The summed E-state index contributed by atoms with van der Waals surface area (Å²) < 4.78 is 38.3. The number of hydrogen-bond acceptors (Lipinski definition) is 8. The van der Waals surface area contributed by atoms with E-state index in [2.05, 4.69) is 11.8 Å². The Kier molecular flexibility index (Phi) is 9.06. The molecule has 10 nitrogen and oxygen atoms in total. The number of morpholine rings is 1. The molecule has 1 aromatic carbocycles. The summed E-state index contributed by atoms with van der Waals surface area (Å²) in [5, 5.41) is 8.98. The molecule has 35 heavy (non-hydrogen) atoms. The van der Waals surface area contributed by atoms with Crippen molar-refractivity contribution in [1.82, 2.24) is 14.7 Å². The Hall–Kier alpha value is -2.30. The van der Waals surface area contributed by atoms with Gasteiger partial charge in [-0.3, -0.25) is 14.8 Å². The molecule has 2 atom stereocenters. The van der Waals surface area contributed by atoms with Gasteiger partial charge in [-0.05, 0) is 45.0 Å². The molecule has 2 N–H and O–H groups in total. The lowest BCUT2D eigenvalue weighted by molar-refractivity contribution is -0.135. The summed E-state index contributed by atoms with van der Waals surface area (Å²) in [6.07, 6.45) is 0.124. The number of carbonyl (C=O) groups is 2. The molecule has 2 fully saturated rings. The van der Waals surface area contributed by atoms with Gasteiger partial charge in [-0.2, -0.15) is 4.31 Å². The Balaban J connectivity index is 1.87. The highest BCUT2D eigenvalue weighted by molar-refractivity contribution is 8.01. The number of hydrogen-bond donors (Lipinski definition) is 2. The van der Waals surface area contributed by atoms with Gasteiger partial charge in [0.15, 0.2) is 0 Å². The Morgan fingerprint density at radius 2 is 1.91 bits per heavy atom. The predicted octanol–water partition coefficient (Wildman–Crippen LogP) is 1.10. The zero-order valence-corrected chi connectivity index (χ0v) is 21.7. The van der Waals surface area contributed by atoms with Crippen LogP contribution in [0.1, 0.15) is 27.2 Å². The van der Waals surface area contributed by atoms with Crippen LogP contribution in [0.3, 0.4) is 0 Å². The van der Waals surface area contributed by atoms with Crippen molar-refractivity contribution in [3.63, 3.8) is 0 Å². The van der Waals surface area contributed by atoms with E-state index in [1.165, 1.54) is 36.0 Å². The minimum Gasteiger partial charge on any atom is -0.481 e. The monoisotopic (exact) mass is 525 g/mol. The van der Waals surface area contributed by atoms with Crippen molar-refractivity contribution in [3.05, 3.63) is 24.3 Å². The molecule has 0 radical (unpaired) electrons. The van der Waals surface area contributed by atoms with Crippen molar-refractivity contribution in [2.75, 3.05) is 39.5 Å². The molecule has 12 heteroatoms. The number of amides is 2. The first-order valence-corrected chi connectivity index (χ1v) is 13.5. The lowest BCUT2D eigenvalue weighted by atomic mass is 10.0. The first kappa shape index (κ1) is 27.3. The molecule has 0 spiro atoms. The smallest absolute Gasteiger partial charge is 0.263 e. The van der Waals surface area contributed by atoms with Gasteiger partial charge in [0.25, 0.3) is 5.91 Å². The molecule has 2 aliphatic heterocycles. The third-order valence-corrected chi connectivity index (χ3v) is 9.17. The van der Waals surface area contributed by atoms with Crippen LogP contribution in [0.2, 0.25) is 0 Å². The summed E-state index contributed by atoms with van der Waals surface area (Å²) in [6, 6.07) is 4.66. The largest absolute Gasteiger partial charge is 0.481 e. The summed E-state index contributed by atoms with van der Waals surface area (Å²) in [5.41, 5.74) is 1.61. The van der Waals surface area contributed by atoms with Crippen LogP contribution in [0.5, 0.6) is 5.75 Å². The van der Waals surface area contributed by atoms with E-state index in [0.29, 0.717) is 32.1 Å². The maximum absolute atomic E-state index is 13.7. The minimum atomic E-state index is -4.15. The van der Waals surface area contributed by atoms with Gasteiger partial charge in [-0.1, -0.05) is 5.92 Å². The molecule has 0 aromatic heterocycles. The van der Waals surface area contributed by atoms with Gasteiger partial charge >= 0.3 is 0 Å². The number of carbonyl (C=O) groups excluding carboxylic acids is 2. The first-order valence-electron chi connectivity index (χ1n) is 11.2. The SMILES string of the molecule is CC#CCOc1ccc(S(=O)(=O)N2C[C@H](CC(=O)N3CCOCC3)SC(C)(C)[C@@H]2C(=O)NO)cc1. The Bertz CT molecular complexity index is 1070. The standard InChI is InChI=1S/C23H31N3O7S2/c1-4-5-12-33-17-6-8-19(9-7-17)35(30,31)26-16-18(15-20(27)25-10-13-32-14-11-25)34-23(2,3)21(26)22(28)24-29/h6-9,18,21,29H,10-16H2,1-3H3,(H,24,28)/t18-,21-/m0/s1. The summed E-state index contributed by atoms with van der Waals surface area (Å²) in [4.78, 5) is 27.2. The first-order chi connectivity index (χ1) is 16.6. The third kappa shape index (κ3) is 6.48. The number of nitrogens with zero attached hydrogens (tertiary/aromatic N) is 2. The Labute approximate surface area is 210 Å². The molecule has 3 rings (SSSR count). The van der Waals surface area contributed by atoms with E-state index in [-0.39, 0.29) is 35.6 Å². The van der Waals surface area contributed by atoms with E-state index < -0.39 is 26.7 Å². The molecule has 0 saturated carbocycles. The number of benzene rings is 1. The highest BCUT2D eigenvalue weighted by Gasteiger charge is 2.51. The van der Waals surface area contributed by atoms with Crippen molar-refractivity contribution < 1.29 is 32.7 Å². The maximum Gasteiger partial charge on any atom is 0.263 e. The molecule has 0 aliphatic carbocycles. The number of hydroxylamine groups is 1. The fourth-order valence-corrected chi connectivity index (χ4v) is 7.81. The molecule has 2 saturated heterocycles. The van der Waals surface area contributed by atoms with Crippen molar-refractivity contribution in [2.24, 2.45) is 0 Å². The molecule has 0 unspecified atom stereocenters. The summed E-state index contributed by atoms with van der Waals surface area (Å²) in [6.45, 7) is 7.21. The van der Waals surface area contributed by atoms with Gasteiger partial charge in [0, 0.05) is 36.1 Å². The molecule has 1 aromatic rings. The molecular formula is C23H31N3O7S2. The van der Waals surface area contributed by atoms with E-state index >= 15 is 0 Å². The predicted molar refractivity (Wildman–Crippen MR) is 130 cm³/mol. The second kappa shape index (κ2) is 11.6. The summed E-state index contributed by atoms with van der Waals surface area (Å²) in [7, 11) is -4.15. The second-order valence-corrected chi connectivity index (χ2v) is 12.5. The van der Waals surface area contributed by atoms with Gasteiger partial charge in [0.05, 0.1) is 18.1 Å². The van der Waals surface area contributed by atoms with Crippen molar-refractivity contribution in [1.29, 1.82) is 0 Å². The number of thioether (sulfide) groups is 1. The number of sulfonamides is 1. The molecule has 2 amide bonds. The van der Waals surface area contributed by atoms with Gasteiger partial charge in [0.1, 0.15) is 18.4 Å². The van der Waals surface area contributed by atoms with Crippen molar-refractivity contribution in [3.8, 4) is 17.6 Å². The molecular weight excluding hydrogens is 494 g/mol. The highest BCUT2D eigenvalue weighted by atomic mass is 32.2. The molecule has 2 aliphatic rings. The van der Waals surface area contributed by atoms with Crippen LogP contribution in [-0.2, 0) is 24.3 Å². The van der Waals surface area contributed by atoms with Crippen LogP contribution >= 0.6 is 11.8 Å². The quantitative estimate of drug-likeness (QED) is 0.308. The topological polar surface area (TPSA) is 125 Å². The van der Waals surface area contributed by atoms with Gasteiger partial charge < -0.3 is 14.4 Å². The van der Waals surface area contributed by atoms with Crippen LogP contribution in [-0.4, -0.2) is 90.1 Å². The summed E-state index contributed by atoms with van der Waals surface area (Å²) >= 11 is 1.37. The van der Waals surface area contributed by atoms with Crippen molar-refractivity contribution >= 4 is 33.6 Å². The average molecular weight is 526 g/mol. The molecule has 192 valence electrons. The second-order valence-electron chi connectivity index (χ2n) is 8.68. The number of nitrogens with one attached hydrogen (secondary N) is 1. The van der Waals surface area contributed by atoms with E-state index in [0.717, 1.165) is 4.31 Å². The molecule has 2 heterocycles. The fourth-order valence-electron chi connectivity index (χ4n) is 4.21. The lowest BCUT2D eigenvalue weighted by Crippen LogP contribution is -2.63.